The molecule has 1 N–H and O–H groups in total. The van der Waals surface area contributed by atoms with E-state index in [9.17, 15) is 9.18 Å². The number of rotatable bonds is 3. The molecule has 2 aromatic heterocycles. The summed E-state index contributed by atoms with van der Waals surface area (Å²) < 4.78 is 13.5. The Balaban J connectivity index is 1.43. The Bertz CT molecular complexity index is 1210. The lowest BCUT2D eigenvalue weighted by molar-refractivity contribution is -0.128. The number of nitrogens with zero attached hydrogens (tertiary/aromatic N) is 4. The van der Waals surface area contributed by atoms with Crippen molar-refractivity contribution in [2.45, 2.75) is 19.4 Å². The first kappa shape index (κ1) is 20.4. The third-order valence-electron chi connectivity index (χ3n) is 5.72. The molecular weight excluding hydrogens is 437 g/mol. The molecule has 1 aromatic carbocycles. The number of benzene rings is 1. The maximum absolute atomic E-state index is 13.5. The molecule has 160 valence electrons. The summed E-state index contributed by atoms with van der Waals surface area (Å²) in [5.74, 6) is 0.332. The van der Waals surface area contributed by atoms with Crippen molar-refractivity contribution in [1.82, 2.24) is 19.8 Å². The summed E-state index contributed by atoms with van der Waals surface area (Å²) in [6, 6.07) is 4.50. The number of anilines is 2. The van der Waals surface area contributed by atoms with Gasteiger partial charge in [-0.2, -0.15) is 0 Å². The summed E-state index contributed by atoms with van der Waals surface area (Å²) in [6.45, 7) is 2.94. The zero-order chi connectivity index (χ0) is 21.5. The minimum absolute atomic E-state index is 0.0551. The number of hydrogen-bond acceptors (Lipinski definition) is 6. The first-order valence-corrected chi connectivity index (χ1v) is 11.3. The van der Waals surface area contributed by atoms with Gasteiger partial charge in [-0.05, 0) is 43.7 Å². The molecule has 3 aromatic rings. The molecule has 0 unspecified atom stereocenters. The molecule has 0 saturated carbocycles. The molecule has 0 spiro atoms. The van der Waals surface area contributed by atoms with Crippen LogP contribution in [0, 0.1) is 5.82 Å². The van der Waals surface area contributed by atoms with Gasteiger partial charge in [-0.3, -0.25) is 4.79 Å². The molecule has 0 aliphatic carbocycles. The first-order chi connectivity index (χ1) is 15.0. The zero-order valence-electron chi connectivity index (χ0n) is 17.0. The topological polar surface area (TPSA) is 61.4 Å². The van der Waals surface area contributed by atoms with Crippen LogP contribution in [0.25, 0.3) is 10.2 Å². The summed E-state index contributed by atoms with van der Waals surface area (Å²) in [7, 11) is 2.04. The molecule has 0 saturated heterocycles. The molecule has 1 amide bonds. The molecule has 0 radical (unpaired) electrons. The summed E-state index contributed by atoms with van der Waals surface area (Å²) in [5.41, 5.74) is 2.72. The average molecular weight is 458 g/mol. The minimum Gasteiger partial charge on any atom is -0.340 e. The summed E-state index contributed by atoms with van der Waals surface area (Å²) in [6.07, 6.45) is 5.25. The van der Waals surface area contributed by atoms with E-state index in [1.54, 1.807) is 23.5 Å². The molecule has 9 heteroatoms. The Labute approximate surface area is 188 Å². The lowest BCUT2D eigenvalue weighted by Gasteiger charge is -2.30. The number of amides is 1. The van der Waals surface area contributed by atoms with Crippen molar-refractivity contribution in [1.29, 1.82) is 0 Å². The second kappa shape index (κ2) is 8.18. The van der Waals surface area contributed by atoms with Crippen molar-refractivity contribution >= 4 is 50.6 Å². The average Bonchev–Trinajstić information content (AvgIpc) is 3.14. The van der Waals surface area contributed by atoms with Crippen LogP contribution in [0.4, 0.5) is 15.9 Å². The Morgan fingerprint density at radius 3 is 2.94 bits per heavy atom. The molecular formula is C22H21ClFN5OS. The highest BCUT2D eigenvalue weighted by Gasteiger charge is 2.28. The van der Waals surface area contributed by atoms with E-state index >= 15 is 0 Å². The highest BCUT2D eigenvalue weighted by Crippen LogP contribution is 2.38. The Hall–Kier alpha value is -2.55. The first-order valence-electron chi connectivity index (χ1n) is 10.1. The van der Waals surface area contributed by atoms with Crippen LogP contribution in [0.2, 0.25) is 5.02 Å². The van der Waals surface area contributed by atoms with Gasteiger partial charge in [-0.1, -0.05) is 17.7 Å². The SMILES string of the molecule is CN1CCC=C(C(=O)N2CCc3c(sc4ncnc(Nc5ccc(F)c(Cl)c5)c34)C2)C1. The Morgan fingerprint density at radius 2 is 2.13 bits per heavy atom. The smallest absolute Gasteiger partial charge is 0.251 e. The van der Waals surface area contributed by atoms with Crippen LogP contribution in [-0.2, 0) is 17.8 Å². The van der Waals surface area contributed by atoms with Gasteiger partial charge in [-0.15, -0.1) is 11.3 Å². The second-order valence-corrected chi connectivity index (χ2v) is 9.38. The van der Waals surface area contributed by atoms with E-state index in [4.69, 9.17) is 11.6 Å². The van der Waals surface area contributed by atoms with Crippen molar-refractivity contribution < 1.29 is 9.18 Å². The van der Waals surface area contributed by atoms with Gasteiger partial charge in [0, 0.05) is 35.8 Å². The maximum atomic E-state index is 13.5. The van der Waals surface area contributed by atoms with Gasteiger partial charge in [0.25, 0.3) is 5.91 Å². The van der Waals surface area contributed by atoms with Crippen LogP contribution in [-0.4, -0.2) is 52.4 Å². The van der Waals surface area contributed by atoms with Crippen molar-refractivity contribution in [3.8, 4) is 0 Å². The third-order valence-corrected chi connectivity index (χ3v) is 7.14. The Kier molecular flexibility index (Phi) is 5.37. The fourth-order valence-electron chi connectivity index (χ4n) is 4.16. The van der Waals surface area contributed by atoms with Crippen LogP contribution in [0.5, 0.6) is 0 Å². The number of likely N-dealkylation sites (N-methyl/N-ethyl adjacent to an activating group) is 1. The number of halogens is 2. The molecule has 5 rings (SSSR count). The third kappa shape index (κ3) is 3.91. The minimum atomic E-state index is -0.461. The van der Waals surface area contributed by atoms with Crippen LogP contribution >= 0.6 is 22.9 Å². The highest BCUT2D eigenvalue weighted by atomic mass is 35.5. The molecule has 0 fully saturated rings. The fraction of sp³-hybridized carbons (Fsp3) is 0.318. The van der Waals surface area contributed by atoms with Gasteiger partial charge in [-0.25, -0.2) is 14.4 Å². The normalized spacial score (nSPS) is 16.9. The van der Waals surface area contributed by atoms with E-state index in [-0.39, 0.29) is 10.9 Å². The van der Waals surface area contributed by atoms with E-state index in [2.05, 4.69) is 26.3 Å². The van der Waals surface area contributed by atoms with Gasteiger partial charge in [0.2, 0.25) is 0 Å². The number of carbonyl (C=O) groups is 1. The summed E-state index contributed by atoms with van der Waals surface area (Å²) >= 11 is 7.52. The molecule has 6 nitrogen and oxygen atoms in total. The number of aromatic nitrogens is 2. The predicted octanol–water partition coefficient (Wildman–Crippen LogP) is 4.37. The van der Waals surface area contributed by atoms with Crippen molar-refractivity contribution in [2.75, 3.05) is 32.0 Å². The largest absolute Gasteiger partial charge is 0.340 e. The molecule has 2 aliphatic heterocycles. The summed E-state index contributed by atoms with van der Waals surface area (Å²) in [4.78, 5) is 28.0. The quantitative estimate of drug-likeness (QED) is 0.632. The van der Waals surface area contributed by atoms with Gasteiger partial charge in [0.05, 0.1) is 17.0 Å². The monoisotopic (exact) mass is 457 g/mol. The molecule has 0 bridgehead atoms. The van der Waals surface area contributed by atoms with Crippen LogP contribution < -0.4 is 5.32 Å². The van der Waals surface area contributed by atoms with Gasteiger partial charge in [0.1, 0.15) is 22.8 Å². The van der Waals surface area contributed by atoms with Crippen molar-refractivity contribution in [3.05, 3.63) is 57.5 Å². The van der Waals surface area contributed by atoms with E-state index in [0.29, 0.717) is 31.1 Å². The molecule has 0 atom stereocenters. The lowest BCUT2D eigenvalue weighted by Crippen LogP contribution is -2.40. The van der Waals surface area contributed by atoms with Crippen molar-refractivity contribution in [2.24, 2.45) is 0 Å². The number of fused-ring (bicyclic) bond motifs is 3. The fourth-order valence-corrected chi connectivity index (χ4v) is 5.54. The number of hydrogen-bond donors (Lipinski definition) is 1. The van der Waals surface area contributed by atoms with Crippen LogP contribution in [0.15, 0.2) is 36.2 Å². The Morgan fingerprint density at radius 1 is 1.26 bits per heavy atom. The molecule has 4 heterocycles. The predicted molar refractivity (Wildman–Crippen MR) is 121 cm³/mol. The van der Waals surface area contributed by atoms with Gasteiger partial charge < -0.3 is 15.1 Å². The lowest BCUT2D eigenvalue weighted by atomic mass is 10.0. The van der Waals surface area contributed by atoms with Gasteiger partial charge in [0.15, 0.2) is 0 Å². The molecule has 2 aliphatic rings. The maximum Gasteiger partial charge on any atom is 0.251 e. The van der Waals surface area contributed by atoms with E-state index < -0.39 is 5.82 Å². The second-order valence-electron chi connectivity index (χ2n) is 7.89. The summed E-state index contributed by atoms with van der Waals surface area (Å²) in [5, 5.41) is 4.27. The molecule has 31 heavy (non-hydrogen) atoms. The van der Waals surface area contributed by atoms with Crippen molar-refractivity contribution in [3.63, 3.8) is 0 Å². The van der Waals surface area contributed by atoms with Crippen LogP contribution in [0.1, 0.15) is 16.9 Å². The standard InChI is InChI=1S/C22H21ClFN5OS/c1-28-7-2-3-13(10-28)22(30)29-8-6-15-18(11-29)31-21-19(15)20(25-12-26-21)27-14-4-5-17(24)16(23)9-14/h3-5,9,12H,2,6-8,10-11H2,1H3,(H,25,26,27). The number of carbonyl (C=O) groups excluding carboxylic acids is 1. The number of nitrogens with one attached hydrogen (secondary N) is 1. The van der Waals surface area contributed by atoms with E-state index in [1.807, 2.05) is 11.9 Å². The highest BCUT2D eigenvalue weighted by molar-refractivity contribution is 7.19. The van der Waals surface area contributed by atoms with E-state index in [1.165, 1.54) is 18.0 Å². The van der Waals surface area contributed by atoms with E-state index in [0.717, 1.165) is 40.1 Å². The zero-order valence-corrected chi connectivity index (χ0v) is 18.6. The van der Waals surface area contributed by atoms with Gasteiger partial charge >= 0.3 is 0 Å². The van der Waals surface area contributed by atoms with Crippen LogP contribution in [0.3, 0.4) is 0 Å². The number of thiophene rings is 1.